The molecular weight excluding hydrogens is 224 g/mol. The predicted octanol–water partition coefficient (Wildman–Crippen LogP) is 2.81. The van der Waals surface area contributed by atoms with Gasteiger partial charge < -0.3 is 10.6 Å². The van der Waals surface area contributed by atoms with Crippen LogP contribution in [0.3, 0.4) is 0 Å². The van der Waals surface area contributed by atoms with Crippen LogP contribution in [0.1, 0.15) is 45.7 Å². The summed E-state index contributed by atoms with van der Waals surface area (Å²) in [5.74, 6) is 1.14. The first-order valence-corrected chi connectivity index (χ1v) is 7.02. The Bertz CT molecular complexity index is 420. The Kier molecular flexibility index (Phi) is 3.55. The molecule has 1 saturated heterocycles. The lowest BCUT2D eigenvalue weighted by atomic mass is 9.84. The summed E-state index contributed by atoms with van der Waals surface area (Å²) in [4.78, 5) is 2.43. The smallest absolute Gasteiger partial charge is 0.150 e. The first-order chi connectivity index (χ1) is 8.44. The number of nitrogens with zero attached hydrogens (tertiary/aromatic N) is 3. The number of hydrogen-bond donors (Lipinski definition) is 1. The number of aromatic nitrogens is 2. The number of aryl methyl sites for hydroxylation is 2. The molecule has 2 rings (SSSR count). The Hall–Kier alpha value is -1.19. The van der Waals surface area contributed by atoms with Crippen molar-refractivity contribution in [3.63, 3.8) is 0 Å². The molecule has 0 bridgehead atoms. The minimum Gasteiger partial charge on any atom is -0.394 e. The van der Waals surface area contributed by atoms with E-state index in [1.165, 1.54) is 12.8 Å². The van der Waals surface area contributed by atoms with Crippen LogP contribution in [-0.4, -0.2) is 22.9 Å². The lowest BCUT2D eigenvalue weighted by molar-refractivity contribution is 0.290. The monoisotopic (exact) mass is 250 g/mol. The van der Waals surface area contributed by atoms with Crippen molar-refractivity contribution in [2.24, 2.45) is 5.41 Å². The van der Waals surface area contributed by atoms with Gasteiger partial charge in [0.1, 0.15) is 0 Å². The summed E-state index contributed by atoms with van der Waals surface area (Å²) in [6.07, 6.45) is 3.62. The molecule has 0 atom stereocenters. The van der Waals surface area contributed by atoms with Gasteiger partial charge in [0.2, 0.25) is 0 Å². The van der Waals surface area contributed by atoms with Crippen LogP contribution in [0.2, 0.25) is 0 Å². The summed E-state index contributed by atoms with van der Waals surface area (Å²) in [6.45, 7) is 12.0. The van der Waals surface area contributed by atoms with Gasteiger partial charge in [0.15, 0.2) is 5.82 Å². The first-order valence-electron chi connectivity index (χ1n) is 7.02. The van der Waals surface area contributed by atoms with Crippen molar-refractivity contribution in [2.45, 2.75) is 53.5 Å². The molecule has 2 heterocycles. The summed E-state index contributed by atoms with van der Waals surface area (Å²) >= 11 is 0. The minimum atomic E-state index is 0.375. The molecule has 4 heteroatoms. The van der Waals surface area contributed by atoms with E-state index in [0.29, 0.717) is 5.41 Å². The number of piperidine rings is 1. The molecule has 102 valence electrons. The highest BCUT2D eigenvalue weighted by molar-refractivity contribution is 5.66. The molecule has 1 aromatic rings. The van der Waals surface area contributed by atoms with Crippen LogP contribution in [0.5, 0.6) is 0 Å². The normalized spacial score (nSPS) is 19.2. The molecule has 0 spiro atoms. The Morgan fingerprint density at radius 3 is 2.72 bits per heavy atom. The molecule has 0 saturated carbocycles. The van der Waals surface area contributed by atoms with E-state index in [2.05, 4.69) is 35.5 Å². The summed E-state index contributed by atoms with van der Waals surface area (Å²) < 4.78 is 2.09. The van der Waals surface area contributed by atoms with Crippen LogP contribution in [0.25, 0.3) is 0 Å². The quantitative estimate of drug-likeness (QED) is 0.897. The molecule has 0 aliphatic carbocycles. The SMILES string of the molecule is CCCn1nc(C)c(N)c1N1CCCC(C)(C)C1. The van der Waals surface area contributed by atoms with E-state index in [1.807, 2.05) is 6.92 Å². The predicted molar refractivity (Wildman–Crippen MR) is 76.9 cm³/mol. The van der Waals surface area contributed by atoms with Crippen molar-refractivity contribution < 1.29 is 0 Å². The zero-order valence-electron chi connectivity index (χ0n) is 12.2. The lowest BCUT2D eigenvalue weighted by Gasteiger charge is -2.39. The van der Waals surface area contributed by atoms with Crippen LogP contribution in [0.4, 0.5) is 11.5 Å². The van der Waals surface area contributed by atoms with Gasteiger partial charge in [0.05, 0.1) is 11.4 Å². The van der Waals surface area contributed by atoms with Gasteiger partial charge in [-0.2, -0.15) is 5.10 Å². The number of hydrogen-bond acceptors (Lipinski definition) is 3. The van der Waals surface area contributed by atoms with Crippen molar-refractivity contribution in [1.82, 2.24) is 9.78 Å². The van der Waals surface area contributed by atoms with Crippen LogP contribution in [0, 0.1) is 12.3 Å². The summed E-state index contributed by atoms with van der Waals surface area (Å²) in [6, 6.07) is 0. The highest BCUT2D eigenvalue weighted by Gasteiger charge is 2.29. The fourth-order valence-corrected chi connectivity index (χ4v) is 2.89. The number of rotatable bonds is 3. The third-order valence-electron chi connectivity index (χ3n) is 3.78. The molecule has 1 aliphatic heterocycles. The van der Waals surface area contributed by atoms with Crippen molar-refractivity contribution in [2.75, 3.05) is 23.7 Å². The third-order valence-corrected chi connectivity index (χ3v) is 3.78. The van der Waals surface area contributed by atoms with Gasteiger partial charge in [-0.3, -0.25) is 0 Å². The number of anilines is 2. The summed E-state index contributed by atoms with van der Waals surface area (Å²) in [5.41, 5.74) is 8.43. The van der Waals surface area contributed by atoms with E-state index in [4.69, 9.17) is 5.73 Å². The van der Waals surface area contributed by atoms with E-state index in [0.717, 1.165) is 43.3 Å². The standard InChI is InChI=1S/C14H26N4/c1-5-8-18-13(12(15)11(2)16-18)17-9-6-7-14(3,4)10-17/h5-10,15H2,1-4H3. The molecule has 0 unspecified atom stereocenters. The number of nitrogen functional groups attached to an aromatic ring is 1. The van der Waals surface area contributed by atoms with Gasteiger partial charge in [-0.15, -0.1) is 0 Å². The molecule has 0 radical (unpaired) electrons. The first kappa shape index (κ1) is 13.2. The van der Waals surface area contributed by atoms with Gasteiger partial charge in [0.25, 0.3) is 0 Å². The summed E-state index contributed by atoms with van der Waals surface area (Å²) in [5, 5.41) is 4.57. The fraction of sp³-hybridized carbons (Fsp3) is 0.786. The molecule has 4 nitrogen and oxygen atoms in total. The second-order valence-corrected chi connectivity index (χ2v) is 6.24. The zero-order valence-corrected chi connectivity index (χ0v) is 12.2. The highest BCUT2D eigenvalue weighted by atomic mass is 15.4. The average molecular weight is 250 g/mol. The number of nitrogens with two attached hydrogens (primary N) is 1. The minimum absolute atomic E-state index is 0.375. The van der Waals surface area contributed by atoms with Gasteiger partial charge in [-0.05, 0) is 31.6 Å². The van der Waals surface area contributed by atoms with Crippen molar-refractivity contribution >= 4 is 11.5 Å². The van der Waals surface area contributed by atoms with Crippen LogP contribution >= 0.6 is 0 Å². The van der Waals surface area contributed by atoms with E-state index >= 15 is 0 Å². The topological polar surface area (TPSA) is 47.1 Å². The molecule has 0 aromatic carbocycles. The van der Waals surface area contributed by atoms with Crippen molar-refractivity contribution in [3.05, 3.63) is 5.69 Å². The van der Waals surface area contributed by atoms with Gasteiger partial charge in [-0.25, -0.2) is 4.68 Å². The van der Waals surface area contributed by atoms with E-state index in [-0.39, 0.29) is 0 Å². The molecule has 1 aromatic heterocycles. The lowest BCUT2D eigenvalue weighted by Crippen LogP contribution is -2.41. The molecule has 1 aliphatic rings. The van der Waals surface area contributed by atoms with Crippen LogP contribution < -0.4 is 10.6 Å². The molecule has 18 heavy (non-hydrogen) atoms. The van der Waals surface area contributed by atoms with Crippen molar-refractivity contribution in [1.29, 1.82) is 0 Å². The molecule has 2 N–H and O–H groups in total. The average Bonchev–Trinajstić information content (AvgIpc) is 2.54. The van der Waals surface area contributed by atoms with Crippen LogP contribution in [0.15, 0.2) is 0 Å². The van der Waals surface area contributed by atoms with Gasteiger partial charge in [-0.1, -0.05) is 20.8 Å². The van der Waals surface area contributed by atoms with Gasteiger partial charge in [0, 0.05) is 19.6 Å². The Morgan fingerprint density at radius 2 is 2.11 bits per heavy atom. The molecule has 1 fully saturated rings. The molecule has 0 amide bonds. The third kappa shape index (κ3) is 2.47. The largest absolute Gasteiger partial charge is 0.394 e. The zero-order chi connectivity index (χ0) is 13.3. The maximum absolute atomic E-state index is 6.23. The molecular formula is C14H26N4. The van der Waals surface area contributed by atoms with Gasteiger partial charge >= 0.3 is 0 Å². The van der Waals surface area contributed by atoms with E-state index in [1.54, 1.807) is 0 Å². The summed E-state index contributed by atoms with van der Waals surface area (Å²) in [7, 11) is 0. The Balaban J connectivity index is 2.31. The second-order valence-electron chi connectivity index (χ2n) is 6.24. The highest BCUT2D eigenvalue weighted by Crippen LogP contribution is 2.35. The van der Waals surface area contributed by atoms with Crippen molar-refractivity contribution in [3.8, 4) is 0 Å². The Morgan fingerprint density at radius 1 is 1.39 bits per heavy atom. The Labute approximate surface area is 110 Å². The van der Waals surface area contributed by atoms with E-state index in [9.17, 15) is 0 Å². The maximum atomic E-state index is 6.23. The van der Waals surface area contributed by atoms with E-state index < -0.39 is 0 Å². The fourth-order valence-electron chi connectivity index (χ4n) is 2.89. The maximum Gasteiger partial charge on any atom is 0.150 e. The van der Waals surface area contributed by atoms with Crippen LogP contribution in [-0.2, 0) is 6.54 Å². The second kappa shape index (κ2) is 4.82.